The monoisotopic (exact) mass is 241 g/mol. The summed E-state index contributed by atoms with van der Waals surface area (Å²) in [7, 11) is 0. The summed E-state index contributed by atoms with van der Waals surface area (Å²) >= 11 is 0. The van der Waals surface area contributed by atoms with Gasteiger partial charge >= 0.3 is 0 Å². The van der Waals surface area contributed by atoms with Crippen LogP contribution >= 0.6 is 0 Å². The standard InChI is InChI=1S/C13H17F2NO/c14-12-5-10(6-13(15)7-12)1-3-16-4-2-11(8-16)9-17/h5-7,11,17H,1-4,8-9H2. The Hall–Kier alpha value is -1.00. The predicted octanol–water partition coefficient (Wildman–Crippen LogP) is 1.82. The molecule has 0 radical (unpaired) electrons. The highest BCUT2D eigenvalue weighted by Gasteiger charge is 2.21. The molecule has 17 heavy (non-hydrogen) atoms. The maximum Gasteiger partial charge on any atom is 0.126 e. The molecule has 1 atom stereocenters. The highest BCUT2D eigenvalue weighted by atomic mass is 19.1. The van der Waals surface area contributed by atoms with Crippen molar-refractivity contribution in [3.63, 3.8) is 0 Å². The summed E-state index contributed by atoms with van der Waals surface area (Å²) in [6.07, 6.45) is 1.65. The van der Waals surface area contributed by atoms with Gasteiger partial charge in [-0.1, -0.05) is 0 Å². The van der Waals surface area contributed by atoms with Crippen LogP contribution in [0.5, 0.6) is 0 Å². The van der Waals surface area contributed by atoms with Crippen molar-refractivity contribution in [3.05, 3.63) is 35.4 Å². The lowest BCUT2D eigenvalue weighted by Crippen LogP contribution is -2.24. The molecule has 1 aliphatic heterocycles. The molecule has 2 rings (SSSR count). The quantitative estimate of drug-likeness (QED) is 0.869. The lowest BCUT2D eigenvalue weighted by molar-refractivity contribution is 0.222. The molecular formula is C13H17F2NO. The van der Waals surface area contributed by atoms with Crippen LogP contribution in [0, 0.1) is 17.6 Å². The molecule has 0 aromatic heterocycles. The first-order chi connectivity index (χ1) is 8.17. The van der Waals surface area contributed by atoms with Crippen LogP contribution in [0.2, 0.25) is 0 Å². The van der Waals surface area contributed by atoms with Gasteiger partial charge in [0.1, 0.15) is 11.6 Å². The van der Waals surface area contributed by atoms with Crippen molar-refractivity contribution in [1.29, 1.82) is 0 Å². The summed E-state index contributed by atoms with van der Waals surface area (Å²) in [5.41, 5.74) is 0.690. The van der Waals surface area contributed by atoms with Crippen LogP contribution in [0.1, 0.15) is 12.0 Å². The first-order valence-electron chi connectivity index (χ1n) is 5.95. The Morgan fingerprint density at radius 1 is 1.24 bits per heavy atom. The summed E-state index contributed by atoms with van der Waals surface area (Å²) in [5, 5.41) is 9.02. The Bertz CT molecular complexity index is 363. The van der Waals surface area contributed by atoms with E-state index in [9.17, 15) is 8.78 Å². The molecule has 1 unspecified atom stereocenters. The van der Waals surface area contributed by atoms with E-state index in [2.05, 4.69) is 4.90 Å². The van der Waals surface area contributed by atoms with Crippen molar-refractivity contribution in [1.82, 2.24) is 4.90 Å². The number of rotatable bonds is 4. The molecule has 1 heterocycles. The number of halogens is 2. The second kappa shape index (κ2) is 5.56. The molecule has 1 aromatic carbocycles. The van der Waals surface area contributed by atoms with E-state index in [-0.39, 0.29) is 6.61 Å². The van der Waals surface area contributed by atoms with E-state index in [1.54, 1.807) is 0 Å². The number of aliphatic hydroxyl groups is 1. The molecule has 0 saturated carbocycles. The second-order valence-corrected chi connectivity index (χ2v) is 4.67. The molecule has 1 aliphatic rings. The van der Waals surface area contributed by atoms with E-state index in [1.165, 1.54) is 12.1 Å². The lowest BCUT2D eigenvalue weighted by atomic mass is 10.1. The molecule has 1 aromatic rings. The van der Waals surface area contributed by atoms with Crippen molar-refractivity contribution in [2.75, 3.05) is 26.2 Å². The lowest BCUT2D eigenvalue weighted by Gasteiger charge is -2.15. The number of benzene rings is 1. The van der Waals surface area contributed by atoms with Crippen molar-refractivity contribution in [2.24, 2.45) is 5.92 Å². The van der Waals surface area contributed by atoms with Crippen LogP contribution in [0.15, 0.2) is 18.2 Å². The Morgan fingerprint density at radius 2 is 1.94 bits per heavy atom. The molecule has 0 bridgehead atoms. The third-order valence-corrected chi connectivity index (χ3v) is 3.27. The van der Waals surface area contributed by atoms with E-state index in [0.29, 0.717) is 17.9 Å². The van der Waals surface area contributed by atoms with Crippen LogP contribution in [0.4, 0.5) is 8.78 Å². The highest BCUT2D eigenvalue weighted by molar-refractivity contribution is 5.18. The molecule has 94 valence electrons. The zero-order chi connectivity index (χ0) is 12.3. The van der Waals surface area contributed by atoms with Gasteiger partial charge in [-0.25, -0.2) is 8.78 Å². The smallest absolute Gasteiger partial charge is 0.126 e. The number of hydrogen-bond acceptors (Lipinski definition) is 2. The summed E-state index contributed by atoms with van der Waals surface area (Å²) < 4.78 is 25.9. The van der Waals surface area contributed by atoms with Crippen molar-refractivity contribution < 1.29 is 13.9 Å². The van der Waals surface area contributed by atoms with Crippen molar-refractivity contribution >= 4 is 0 Å². The van der Waals surface area contributed by atoms with Gasteiger partial charge in [-0.2, -0.15) is 0 Å². The first-order valence-corrected chi connectivity index (χ1v) is 5.95. The number of hydrogen-bond donors (Lipinski definition) is 1. The van der Waals surface area contributed by atoms with Gasteiger partial charge in [0, 0.05) is 25.8 Å². The molecule has 1 N–H and O–H groups in total. The molecular weight excluding hydrogens is 224 g/mol. The summed E-state index contributed by atoms with van der Waals surface area (Å²) in [6, 6.07) is 3.65. The molecule has 4 heteroatoms. The zero-order valence-electron chi connectivity index (χ0n) is 9.70. The molecule has 0 spiro atoms. The Labute approximate surface area is 99.9 Å². The SMILES string of the molecule is OCC1CCN(CCc2cc(F)cc(F)c2)C1. The van der Waals surface area contributed by atoms with Gasteiger partial charge in [-0.3, -0.25) is 0 Å². The minimum Gasteiger partial charge on any atom is -0.396 e. The van der Waals surface area contributed by atoms with Crippen LogP contribution in [-0.4, -0.2) is 36.2 Å². The van der Waals surface area contributed by atoms with Gasteiger partial charge in [0.15, 0.2) is 0 Å². The Kier molecular flexibility index (Phi) is 4.07. The number of nitrogens with zero attached hydrogens (tertiary/aromatic N) is 1. The third-order valence-electron chi connectivity index (χ3n) is 3.27. The average Bonchev–Trinajstić information content (AvgIpc) is 2.73. The van der Waals surface area contributed by atoms with Gasteiger partial charge in [-0.15, -0.1) is 0 Å². The van der Waals surface area contributed by atoms with Gasteiger partial charge in [0.05, 0.1) is 0 Å². The van der Waals surface area contributed by atoms with Crippen molar-refractivity contribution in [2.45, 2.75) is 12.8 Å². The van der Waals surface area contributed by atoms with E-state index in [4.69, 9.17) is 5.11 Å². The fourth-order valence-electron chi connectivity index (χ4n) is 2.31. The van der Waals surface area contributed by atoms with Gasteiger partial charge in [0.25, 0.3) is 0 Å². The number of likely N-dealkylation sites (tertiary alicyclic amines) is 1. The van der Waals surface area contributed by atoms with Crippen LogP contribution < -0.4 is 0 Å². The topological polar surface area (TPSA) is 23.5 Å². The highest BCUT2D eigenvalue weighted by Crippen LogP contribution is 2.16. The predicted molar refractivity (Wildman–Crippen MR) is 61.7 cm³/mol. The van der Waals surface area contributed by atoms with E-state index >= 15 is 0 Å². The molecule has 0 amide bonds. The van der Waals surface area contributed by atoms with Gasteiger partial charge in [0.2, 0.25) is 0 Å². The molecule has 0 aliphatic carbocycles. The summed E-state index contributed by atoms with van der Waals surface area (Å²) in [4.78, 5) is 2.23. The Morgan fingerprint density at radius 3 is 2.53 bits per heavy atom. The van der Waals surface area contributed by atoms with Gasteiger partial charge in [-0.05, 0) is 43.0 Å². The second-order valence-electron chi connectivity index (χ2n) is 4.67. The average molecular weight is 241 g/mol. The Balaban J connectivity index is 1.85. The minimum atomic E-state index is -0.519. The van der Waals surface area contributed by atoms with E-state index < -0.39 is 11.6 Å². The fraction of sp³-hybridized carbons (Fsp3) is 0.538. The van der Waals surface area contributed by atoms with Gasteiger partial charge < -0.3 is 10.0 Å². The maximum absolute atomic E-state index is 13.0. The summed E-state index contributed by atoms with van der Waals surface area (Å²) in [6.45, 7) is 2.86. The van der Waals surface area contributed by atoms with E-state index in [0.717, 1.165) is 32.1 Å². The molecule has 1 fully saturated rings. The largest absolute Gasteiger partial charge is 0.396 e. The fourth-order valence-corrected chi connectivity index (χ4v) is 2.31. The number of aliphatic hydroxyl groups excluding tert-OH is 1. The first kappa shape index (κ1) is 12.5. The third kappa shape index (κ3) is 3.48. The van der Waals surface area contributed by atoms with Crippen LogP contribution in [0.25, 0.3) is 0 Å². The molecule has 2 nitrogen and oxygen atoms in total. The molecule has 1 saturated heterocycles. The van der Waals surface area contributed by atoms with Crippen LogP contribution in [0.3, 0.4) is 0 Å². The van der Waals surface area contributed by atoms with Crippen molar-refractivity contribution in [3.8, 4) is 0 Å². The maximum atomic E-state index is 13.0. The minimum absolute atomic E-state index is 0.227. The summed E-state index contributed by atoms with van der Waals surface area (Å²) in [5.74, 6) is -0.677. The normalized spacial score (nSPS) is 21.0. The zero-order valence-corrected chi connectivity index (χ0v) is 9.70. The van der Waals surface area contributed by atoms with E-state index in [1.807, 2.05) is 0 Å². The van der Waals surface area contributed by atoms with Crippen LogP contribution in [-0.2, 0) is 6.42 Å².